The summed E-state index contributed by atoms with van der Waals surface area (Å²) in [5, 5.41) is 9.59. The fourth-order valence-electron chi connectivity index (χ4n) is 3.14. The molecular weight excluding hydrogens is 472 g/mol. The first kappa shape index (κ1) is 23.5. The maximum atomic E-state index is 12.6. The van der Waals surface area contributed by atoms with Crippen molar-refractivity contribution in [2.24, 2.45) is 0 Å². The third-order valence-electron chi connectivity index (χ3n) is 4.78. The van der Waals surface area contributed by atoms with Crippen LogP contribution in [0.25, 0.3) is 16.3 Å². The van der Waals surface area contributed by atoms with Gasteiger partial charge in [-0.15, -0.1) is 21.5 Å². The molecule has 2 heterocycles. The number of thiazole rings is 1. The van der Waals surface area contributed by atoms with Crippen LogP contribution in [0, 0.1) is 13.8 Å². The van der Waals surface area contributed by atoms with Crippen LogP contribution in [0.15, 0.2) is 59.8 Å². The minimum atomic E-state index is -0.411. The highest BCUT2D eigenvalue weighted by molar-refractivity contribution is 7.99. The molecule has 2 aromatic heterocycles. The van der Waals surface area contributed by atoms with Crippen LogP contribution in [0.1, 0.15) is 21.2 Å². The highest BCUT2D eigenvalue weighted by atomic mass is 32.2. The number of aromatic nitrogens is 4. The number of nitrogens with zero attached hydrogens (tertiary/aromatic N) is 4. The van der Waals surface area contributed by atoms with Gasteiger partial charge in [0.1, 0.15) is 21.5 Å². The summed E-state index contributed by atoms with van der Waals surface area (Å²) < 4.78 is 7.13. The summed E-state index contributed by atoms with van der Waals surface area (Å²) in [5.74, 6) is 0.641. The minimum Gasteiger partial charge on any atom is -0.497 e. The molecule has 0 unspecified atom stereocenters. The predicted octanol–water partition coefficient (Wildman–Crippen LogP) is 3.57. The molecule has 4 rings (SSSR count). The summed E-state index contributed by atoms with van der Waals surface area (Å²) in [7, 11) is 1.60. The van der Waals surface area contributed by atoms with Gasteiger partial charge in [0.2, 0.25) is 5.91 Å². The monoisotopic (exact) mass is 494 g/mol. The Morgan fingerprint density at radius 1 is 1.06 bits per heavy atom. The Morgan fingerprint density at radius 3 is 2.62 bits per heavy atom. The van der Waals surface area contributed by atoms with Gasteiger partial charge in [0.05, 0.1) is 24.2 Å². The van der Waals surface area contributed by atoms with Gasteiger partial charge >= 0.3 is 0 Å². The summed E-state index contributed by atoms with van der Waals surface area (Å²) in [4.78, 5) is 29.9. The Hall–Kier alpha value is -3.70. The molecule has 0 atom stereocenters. The van der Waals surface area contributed by atoms with E-state index in [1.54, 1.807) is 14.0 Å². The molecule has 2 aromatic carbocycles. The molecule has 9 nitrogen and oxygen atoms in total. The molecule has 2 amide bonds. The van der Waals surface area contributed by atoms with Gasteiger partial charge in [-0.05, 0) is 26.0 Å². The van der Waals surface area contributed by atoms with Crippen molar-refractivity contribution in [3.63, 3.8) is 0 Å². The van der Waals surface area contributed by atoms with Gasteiger partial charge in [-0.25, -0.2) is 4.98 Å². The van der Waals surface area contributed by atoms with Gasteiger partial charge in [-0.3, -0.25) is 25.0 Å². The third-order valence-corrected chi connectivity index (χ3v) is 6.91. The van der Waals surface area contributed by atoms with Gasteiger partial charge in [-0.2, -0.15) is 0 Å². The van der Waals surface area contributed by atoms with Crippen LogP contribution in [0.2, 0.25) is 0 Å². The predicted molar refractivity (Wildman–Crippen MR) is 131 cm³/mol. The lowest BCUT2D eigenvalue weighted by Gasteiger charge is -2.10. The van der Waals surface area contributed by atoms with Crippen LogP contribution in [0.3, 0.4) is 0 Å². The average molecular weight is 495 g/mol. The second-order valence-corrected chi connectivity index (χ2v) is 9.10. The second-order valence-electron chi connectivity index (χ2n) is 7.16. The Labute approximate surface area is 204 Å². The molecule has 0 spiro atoms. The van der Waals surface area contributed by atoms with E-state index < -0.39 is 5.91 Å². The number of amides is 2. The Bertz CT molecular complexity index is 1320. The lowest BCUT2D eigenvalue weighted by molar-refractivity contribution is -0.119. The van der Waals surface area contributed by atoms with E-state index in [1.807, 2.05) is 66.1 Å². The Balaban J connectivity index is 1.36. The van der Waals surface area contributed by atoms with Gasteiger partial charge in [0.15, 0.2) is 5.16 Å². The minimum absolute atomic E-state index is 0.0410. The smallest absolute Gasteiger partial charge is 0.281 e. The standard InChI is InChI=1S/C23H22N6O3S2/c1-14-20(34-22(24-14)16-8-5-4-6-9-16)21(31)27-26-19(30)13-33-23-28-25-15(2)29(23)17-10-7-11-18(12-17)32-3/h4-12H,13H2,1-3H3,(H,26,30)(H,27,31). The first-order valence-corrected chi connectivity index (χ1v) is 12.1. The van der Waals surface area contributed by atoms with Crippen LogP contribution >= 0.6 is 23.1 Å². The van der Waals surface area contributed by atoms with Gasteiger partial charge in [-0.1, -0.05) is 48.2 Å². The van der Waals surface area contributed by atoms with Crippen LogP contribution in [0.4, 0.5) is 0 Å². The molecule has 2 N–H and O–H groups in total. The molecule has 11 heteroatoms. The van der Waals surface area contributed by atoms with Gasteiger partial charge in [0.25, 0.3) is 5.91 Å². The van der Waals surface area contributed by atoms with Crippen molar-refractivity contribution in [3.05, 3.63) is 71.0 Å². The topological polar surface area (TPSA) is 111 Å². The van der Waals surface area contributed by atoms with Crippen molar-refractivity contribution in [2.45, 2.75) is 19.0 Å². The second kappa shape index (κ2) is 10.5. The van der Waals surface area contributed by atoms with E-state index in [9.17, 15) is 9.59 Å². The number of rotatable bonds is 7. The van der Waals surface area contributed by atoms with Gasteiger partial charge in [0, 0.05) is 11.6 Å². The van der Waals surface area contributed by atoms with Crippen LogP contribution in [0.5, 0.6) is 5.75 Å². The van der Waals surface area contributed by atoms with Crippen molar-refractivity contribution >= 4 is 34.9 Å². The molecule has 0 aliphatic rings. The zero-order valence-corrected chi connectivity index (χ0v) is 20.4. The number of carbonyl (C=O) groups excluding carboxylic acids is 2. The molecule has 0 radical (unpaired) electrons. The fourth-order valence-corrected chi connectivity index (χ4v) is 4.91. The zero-order valence-electron chi connectivity index (χ0n) is 18.7. The number of carbonyl (C=O) groups is 2. The van der Waals surface area contributed by atoms with Crippen LogP contribution in [-0.4, -0.2) is 44.4 Å². The van der Waals surface area contributed by atoms with E-state index >= 15 is 0 Å². The first-order chi connectivity index (χ1) is 16.5. The normalized spacial score (nSPS) is 10.7. The largest absolute Gasteiger partial charge is 0.497 e. The molecule has 0 aliphatic carbocycles. The van der Waals surface area contributed by atoms with Crippen LogP contribution < -0.4 is 15.6 Å². The molecular formula is C23H22N6O3S2. The summed E-state index contributed by atoms with van der Waals surface area (Å²) in [6.45, 7) is 3.60. The number of aryl methyl sites for hydroxylation is 2. The number of methoxy groups -OCH3 is 1. The molecule has 0 saturated carbocycles. The summed E-state index contributed by atoms with van der Waals surface area (Å²) in [6.07, 6.45) is 0. The van der Waals surface area contributed by atoms with Crippen molar-refractivity contribution < 1.29 is 14.3 Å². The summed E-state index contributed by atoms with van der Waals surface area (Å²) in [5.41, 5.74) is 7.29. The number of thioether (sulfide) groups is 1. The quantitative estimate of drug-likeness (QED) is 0.298. The number of hydrogen-bond acceptors (Lipinski definition) is 8. The Kier molecular flexibility index (Phi) is 7.24. The highest BCUT2D eigenvalue weighted by Crippen LogP contribution is 2.27. The van der Waals surface area contributed by atoms with E-state index in [1.165, 1.54) is 23.1 Å². The van der Waals surface area contributed by atoms with Crippen LogP contribution in [-0.2, 0) is 4.79 Å². The van der Waals surface area contributed by atoms with E-state index in [0.717, 1.165) is 16.3 Å². The van der Waals surface area contributed by atoms with E-state index in [2.05, 4.69) is 26.0 Å². The number of hydrazine groups is 1. The van der Waals surface area contributed by atoms with Crippen molar-refractivity contribution in [3.8, 4) is 22.0 Å². The summed E-state index contributed by atoms with van der Waals surface area (Å²) in [6, 6.07) is 17.1. The number of hydrogen-bond donors (Lipinski definition) is 2. The van der Waals surface area contributed by atoms with E-state index in [0.29, 0.717) is 27.3 Å². The highest BCUT2D eigenvalue weighted by Gasteiger charge is 2.18. The Morgan fingerprint density at radius 2 is 1.85 bits per heavy atom. The maximum Gasteiger partial charge on any atom is 0.281 e. The molecule has 34 heavy (non-hydrogen) atoms. The number of benzene rings is 2. The lowest BCUT2D eigenvalue weighted by atomic mass is 10.2. The van der Waals surface area contributed by atoms with Crippen molar-refractivity contribution in [1.82, 2.24) is 30.6 Å². The van der Waals surface area contributed by atoms with Gasteiger partial charge < -0.3 is 4.74 Å². The van der Waals surface area contributed by atoms with E-state index in [4.69, 9.17) is 4.74 Å². The third kappa shape index (κ3) is 5.26. The molecule has 0 aliphatic heterocycles. The van der Waals surface area contributed by atoms with E-state index in [-0.39, 0.29) is 11.7 Å². The van der Waals surface area contributed by atoms with Crippen molar-refractivity contribution in [1.29, 1.82) is 0 Å². The maximum absolute atomic E-state index is 12.6. The van der Waals surface area contributed by atoms with Crippen molar-refractivity contribution in [2.75, 3.05) is 12.9 Å². The average Bonchev–Trinajstić information content (AvgIpc) is 3.44. The molecule has 0 saturated heterocycles. The summed E-state index contributed by atoms with van der Waals surface area (Å²) >= 11 is 2.49. The number of ether oxygens (including phenoxy) is 1. The first-order valence-electron chi connectivity index (χ1n) is 10.3. The molecule has 4 aromatic rings. The SMILES string of the molecule is COc1cccc(-n2c(C)nnc2SCC(=O)NNC(=O)c2sc(-c3ccccc3)nc2C)c1. The fraction of sp³-hybridized carbons (Fsp3) is 0.174. The molecule has 0 bridgehead atoms. The molecule has 174 valence electrons. The molecule has 0 fully saturated rings. The lowest BCUT2D eigenvalue weighted by Crippen LogP contribution is -2.42. The zero-order chi connectivity index (χ0) is 24.1. The number of nitrogens with one attached hydrogen (secondary N) is 2.